The summed E-state index contributed by atoms with van der Waals surface area (Å²) in [6.07, 6.45) is 4.43. The van der Waals surface area contributed by atoms with Crippen molar-refractivity contribution in [3.63, 3.8) is 0 Å². The number of nitrogens with one attached hydrogen (secondary N) is 1. The molecule has 3 N–H and O–H groups in total. The maximum atomic E-state index is 12.2. The molecule has 112 valence electrons. The highest BCUT2D eigenvalue weighted by Crippen LogP contribution is 2.46. The summed E-state index contributed by atoms with van der Waals surface area (Å²) in [7, 11) is 1.58. The van der Waals surface area contributed by atoms with E-state index in [1.165, 1.54) is 12.8 Å². The van der Waals surface area contributed by atoms with Gasteiger partial charge in [0, 0.05) is 16.9 Å². The van der Waals surface area contributed by atoms with Crippen LogP contribution in [0.4, 0.5) is 0 Å². The topological polar surface area (TPSA) is 64.3 Å². The van der Waals surface area contributed by atoms with Crippen LogP contribution in [0.1, 0.15) is 28.8 Å². The van der Waals surface area contributed by atoms with E-state index in [4.69, 9.17) is 10.5 Å². The Bertz CT molecular complexity index is 586. The van der Waals surface area contributed by atoms with Crippen molar-refractivity contribution in [1.29, 1.82) is 0 Å². The van der Waals surface area contributed by atoms with E-state index in [1.807, 2.05) is 11.8 Å². The van der Waals surface area contributed by atoms with E-state index in [0.717, 1.165) is 0 Å². The molecule has 0 saturated heterocycles. The van der Waals surface area contributed by atoms with Gasteiger partial charge in [0.15, 0.2) is 0 Å². The van der Waals surface area contributed by atoms with Gasteiger partial charge in [-0.1, -0.05) is 11.8 Å². The number of thioether (sulfide) groups is 1. The SMILES string of the molecule is COc1ccc(C(=O)NCC2(SC)CC2)cc1C#CCN. The summed E-state index contributed by atoms with van der Waals surface area (Å²) in [4.78, 5) is 12.2. The number of rotatable bonds is 5. The number of amides is 1. The molecule has 5 heteroatoms. The third-order valence-corrected chi connectivity index (χ3v) is 5.02. The maximum Gasteiger partial charge on any atom is 0.251 e. The zero-order chi connectivity index (χ0) is 15.3. The van der Waals surface area contributed by atoms with Crippen molar-refractivity contribution in [3.05, 3.63) is 29.3 Å². The van der Waals surface area contributed by atoms with Crippen LogP contribution in [0, 0.1) is 11.8 Å². The molecule has 0 heterocycles. The minimum atomic E-state index is -0.0752. The zero-order valence-corrected chi connectivity index (χ0v) is 13.2. The van der Waals surface area contributed by atoms with Crippen molar-refractivity contribution < 1.29 is 9.53 Å². The number of hydrogen-bond acceptors (Lipinski definition) is 4. The predicted octanol–water partition coefficient (Wildman–Crippen LogP) is 1.63. The third kappa shape index (κ3) is 3.93. The Kier molecular flexibility index (Phi) is 5.16. The number of nitrogens with two attached hydrogens (primary N) is 1. The van der Waals surface area contributed by atoms with Crippen molar-refractivity contribution in [3.8, 4) is 17.6 Å². The molecule has 1 aliphatic carbocycles. The number of ether oxygens (including phenoxy) is 1. The third-order valence-electron chi connectivity index (χ3n) is 3.60. The number of carbonyl (C=O) groups is 1. The average Bonchev–Trinajstić information content (AvgIpc) is 3.31. The molecule has 4 nitrogen and oxygen atoms in total. The first-order valence-electron chi connectivity index (χ1n) is 6.84. The van der Waals surface area contributed by atoms with Gasteiger partial charge in [0.1, 0.15) is 5.75 Å². The highest BCUT2D eigenvalue weighted by Gasteiger charge is 2.41. The molecule has 1 aromatic carbocycles. The number of hydrogen-bond donors (Lipinski definition) is 2. The average molecular weight is 304 g/mol. The van der Waals surface area contributed by atoms with Crippen LogP contribution < -0.4 is 15.8 Å². The van der Waals surface area contributed by atoms with Gasteiger partial charge in [-0.05, 0) is 37.3 Å². The molecular weight excluding hydrogens is 284 g/mol. The number of carbonyl (C=O) groups excluding carboxylic acids is 1. The van der Waals surface area contributed by atoms with Gasteiger partial charge in [-0.15, -0.1) is 0 Å². The zero-order valence-electron chi connectivity index (χ0n) is 12.4. The summed E-state index contributed by atoms with van der Waals surface area (Å²) >= 11 is 1.82. The van der Waals surface area contributed by atoms with Gasteiger partial charge in [0.05, 0.1) is 19.2 Å². The Hall–Kier alpha value is -1.64. The van der Waals surface area contributed by atoms with E-state index in [-0.39, 0.29) is 17.2 Å². The summed E-state index contributed by atoms with van der Waals surface area (Å²) in [6, 6.07) is 5.26. The normalized spacial score (nSPS) is 14.8. The number of benzene rings is 1. The molecule has 1 amide bonds. The largest absolute Gasteiger partial charge is 0.495 e. The molecule has 1 aliphatic rings. The molecule has 0 atom stereocenters. The van der Waals surface area contributed by atoms with E-state index >= 15 is 0 Å². The van der Waals surface area contributed by atoms with Crippen LogP contribution in [0.25, 0.3) is 0 Å². The fourth-order valence-corrected chi connectivity index (χ4v) is 2.76. The maximum absolute atomic E-state index is 12.2. The summed E-state index contributed by atoms with van der Waals surface area (Å²) < 4.78 is 5.49. The monoisotopic (exact) mass is 304 g/mol. The van der Waals surface area contributed by atoms with E-state index in [2.05, 4.69) is 23.4 Å². The Labute approximate surface area is 129 Å². The van der Waals surface area contributed by atoms with E-state index in [1.54, 1.807) is 25.3 Å². The number of methoxy groups -OCH3 is 1. The van der Waals surface area contributed by atoms with E-state index in [0.29, 0.717) is 23.4 Å². The molecule has 0 bridgehead atoms. The van der Waals surface area contributed by atoms with Gasteiger partial charge in [0.25, 0.3) is 5.91 Å². The van der Waals surface area contributed by atoms with Crippen molar-refractivity contribution >= 4 is 17.7 Å². The van der Waals surface area contributed by atoms with Crippen molar-refractivity contribution in [1.82, 2.24) is 5.32 Å². The van der Waals surface area contributed by atoms with Crippen LogP contribution in [0.5, 0.6) is 5.75 Å². The van der Waals surface area contributed by atoms with Crippen LogP contribution in [-0.4, -0.2) is 37.1 Å². The van der Waals surface area contributed by atoms with Crippen LogP contribution in [0.15, 0.2) is 18.2 Å². The molecule has 0 spiro atoms. The smallest absolute Gasteiger partial charge is 0.251 e. The Morgan fingerprint density at radius 1 is 1.52 bits per heavy atom. The minimum absolute atomic E-state index is 0.0752. The standard InChI is InChI=1S/C16H20N2O2S/c1-20-14-6-5-13(10-12(14)4-3-9-17)15(19)18-11-16(21-2)7-8-16/h5-6,10H,7-9,11,17H2,1-2H3,(H,18,19). The van der Waals surface area contributed by atoms with Crippen molar-refractivity contribution in [2.75, 3.05) is 26.5 Å². The van der Waals surface area contributed by atoms with Gasteiger partial charge in [-0.3, -0.25) is 4.79 Å². The molecule has 21 heavy (non-hydrogen) atoms. The molecule has 0 aromatic heterocycles. The summed E-state index contributed by atoms with van der Waals surface area (Å²) in [5.74, 6) is 6.29. The quantitative estimate of drug-likeness (QED) is 0.812. The lowest BCUT2D eigenvalue weighted by atomic mass is 10.1. The Morgan fingerprint density at radius 3 is 2.86 bits per heavy atom. The highest BCUT2D eigenvalue weighted by molar-refractivity contribution is 8.00. The van der Waals surface area contributed by atoms with E-state index in [9.17, 15) is 4.79 Å². The van der Waals surface area contributed by atoms with Gasteiger partial charge in [-0.2, -0.15) is 11.8 Å². The molecule has 1 aromatic rings. The molecular formula is C16H20N2O2S. The molecule has 0 aliphatic heterocycles. The van der Waals surface area contributed by atoms with Gasteiger partial charge in [0.2, 0.25) is 0 Å². The molecule has 1 fully saturated rings. The van der Waals surface area contributed by atoms with Crippen LogP contribution in [0.3, 0.4) is 0 Å². The van der Waals surface area contributed by atoms with Gasteiger partial charge in [-0.25, -0.2) is 0 Å². The molecule has 0 radical (unpaired) electrons. The summed E-state index contributed by atoms with van der Waals surface area (Å²) in [5.41, 5.74) is 6.66. The second kappa shape index (κ2) is 6.88. The lowest BCUT2D eigenvalue weighted by Crippen LogP contribution is -2.31. The van der Waals surface area contributed by atoms with Crippen LogP contribution in [0.2, 0.25) is 0 Å². The second-order valence-corrected chi connectivity index (χ2v) is 6.27. The summed E-state index contributed by atoms with van der Waals surface area (Å²) in [5, 5.41) is 3.00. The van der Waals surface area contributed by atoms with Crippen molar-refractivity contribution in [2.24, 2.45) is 5.73 Å². The first kappa shape index (κ1) is 15.7. The molecule has 1 saturated carbocycles. The highest BCUT2D eigenvalue weighted by atomic mass is 32.2. The first-order chi connectivity index (χ1) is 10.1. The summed E-state index contributed by atoms with van der Waals surface area (Å²) in [6.45, 7) is 0.985. The molecule has 2 rings (SSSR count). The van der Waals surface area contributed by atoms with Gasteiger partial charge < -0.3 is 15.8 Å². The minimum Gasteiger partial charge on any atom is -0.495 e. The Balaban J connectivity index is 2.10. The lowest BCUT2D eigenvalue weighted by molar-refractivity contribution is 0.0953. The van der Waals surface area contributed by atoms with Crippen LogP contribution in [-0.2, 0) is 0 Å². The Morgan fingerprint density at radius 2 is 2.29 bits per heavy atom. The first-order valence-corrected chi connectivity index (χ1v) is 8.07. The fraction of sp³-hybridized carbons (Fsp3) is 0.438. The van der Waals surface area contributed by atoms with Crippen molar-refractivity contribution in [2.45, 2.75) is 17.6 Å². The lowest BCUT2D eigenvalue weighted by Gasteiger charge is -2.13. The predicted molar refractivity (Wildman–Crippen MR) is 86.7 cm³/mol. The van der Waals surface area contributed by atoms with Gasteiger partial charge >= 0.3 is 0 Å². The fourth-order valence-electron chi connectivity index (χ4n) is 2.03. The van der Waals surface area contributed by atoms with Crippen LogP contribution >= 0.6 is 11.8 Å². The molecule has 0 unspecified atom stereocenters. The second-order valence-electron chi connectivity index (χ2n) is 4.99. The van der Waals surface area contributed by atoms with E-state index < -0.39 is 0 Å².